The normalized spacial score (nSPS) is 20.0. The molecule has 1 aliphatic heterocycles. The lowest BCUT2D eigenvalue weighted by Crippen LogP contribution is -2.37. The summed E-state index contributed by atoms with van der Waals surface area (Å²) in [5, 5.41) is 20.3. The number of hydrogen-bond acceptors (Lipinski definition) is 7. The number of ether oxygens (including phenoxy) is 3. The van der Waals surface area contributed by atoms with Crippen LogP contribution in [0.25, 0.3) is 0 Å². The lowest BCUT2D eigenvalue weighted by Gasteiger charge is -2.35. The molecule has 1 heterocycles. The summed E-state index contributed by atoms with van der Waals surface area (Å²) < 4.78 is 16.6. The Morgan fingerprint density at radius 2 is 1.82 bits per heavy atom. The standard InChI is InChI=1S/C26H29NO6/c1-4-18-5-7-19(8-6-18)9-20-10-24(25(30)11-21(20)14-27)26-13-22(32-17(3)29)12-23(33-26)15-31-16(2)28/h5-8,10-11,22-23,26,30H,4,9,12-13,15H2,1-3H3/t22-,23-,26+/m0/s1. The molecule has 0 bridgehead atoms. The third-order valence-corrected chi connectivity index (χ3v) is 5.71. The first-order valence-electron chi connectivity index (χ1n) is 11.1. The number of phenolic OH excluding ortho intramolecular Hbond substituents is 1. The van der Waals surface area contributed by atoms with E-state index in [1.165, 1.54) is 25.5 Å². The summed E-state index contributed by atoms with van der Waals surface area (Å²) in [4.78, 5) is 22.8. The minimum absolute atomic E-state index is 0.0251. The van der Waals surface area contributed by atoms with Crippen LogP contribution in [0.1, 0.15) is 67.5 Å². The molecule has 3 atom stereocenters. The summed E-state index contributed by atoms with van der Waals surface area (Å²) >= 11 is 0. The van der Waals surface area contributed by atoms with Crippen LogP contribution in [-0.2, 0) is 36.6 Å². The first-order chi connectivity index (χ1) is 15.8. The number of benzene rings is 2. The Labute approximate surface area is 193 Å². The summed E-state index contributed by atoms with van der Waals surface area (Å²) in [6.07, 6.45) is 0.690. The van der Waals surface area contributed by atoms with Crippen molar-refractivity contribution < 1.29 is 28.9 Å². The molecular weight excluding hydrogens is 422 g/mol. The molecule has 174 valence electrons. The van der Waals surface area contributed by atoms with Gasteiger partial charge in [0.1, 0.15) is 18.5 Å². The van der Waals surface area contributed by atoms with Crippen molar-refractivity contribution in [3.63, 3.8) is 0 Å². The van der Waals surface area contributed by atoms with E-state index in [9.17, 15) is 20.0 Å². The van der Waals surface area contributed by atoms with Gasteiger partial charge in [0.15, 0.2) is 0 Å². The summed E-state index contributed by atoms with van der Waals surface area (Å²) in [6, 6.07) is 13.6. The van der Waals surface area contributed by atoms with Crippen LogP contribution >= 0.6 is 0 Å². The second-order valence-electron chi connectivity index (χ2n) is 8.28. The van der Waals surface area contributed by atoms with Crippen LogP contribution < -0.4 is 0 Å². The highest BCUT2D eigenvalue weighted by Crippen LogP contribution is 2.39. The van der Waals surface area contributed by atoms with Crippen LogP contribution in [0.4, 0.5) is 0 Å². The Kier molecular flexibility index (Phi) is 8.07. The smallest absolute Gasteiger partial charge is 0.302 e. The Hall–Kier alpha value is -3.37. The fourth-order valence-corrected chi connectivity index (χ4v) is 4.09. The molecule has 1 N–H and O–H groups in total. The highest BCUT2D eigenvalue weighted by atomic mass is 16.6. The first kappa shape index (κ1) is 24.3. The summed E-state index contributed by atoms with van der Waals surface area (Å²) in [5.41, 5.74) is 3.95. The second-order valence-corrected chi connectivity index (χ2v) is 8.28. The van der Waals surface area contributed by atoms with Gasteiger partial charge in [-0.2, -0.15) is 5.26 Å². The molecule has 7 nitrogen and oxygen atoms in total. The number of nitrogens with zero attached hydrogens (tertiary/aromatic N) is 1. The molecule has 0 saturated carbocycles. The SMILES string of the molecule is CCc1ccc(Cc2cc([C@H]3C[C@@H](OC(C)=O)C[C@@H](COC(C)=O)O3)c(O)cc2C#N)cc1. The number of rotatable bonds is 7. The van der Waals surface area contributed by atoms with Crippen LogP contribution in [0.15, 0.2) is 36.4 Å². The topological polar surface area (TPSA) is 106 Å². The van der Waals surface area contributed by atoms with Gasteiger partial charge < -0.3 is 19.3 Å². The number of hydrogen-bond donors (Lipinski definition) is 1. The monoisotopic (exact) mass is 451 g/mol. The molecule has 0 spiro atoms. The van der Waals surface area contributed by atoms with Crippen molar-refractivity contribution in [1.82, 2.24) is 0 Å². The predicted molar refractivity (Wildman–Crippen MR) is 120 cm³/mol. The molecule has 1 aliphatic rings. The minimum atomic E-state index is -0.586. The Morgan fingerprint density at radius 3 is 2.42 bits per heavy atom. The van der Waals surface area contributed by atoms with Gasteiger partial charge >= 0.3 is 11.9 Å². The van der Waals surface area contributed by atoms with Gasteiger partial charge in [-0.05, 0) is 41.7 Å². The summed E-state index contributed by atoms with van der Waals surface area (Å²) in [6.45, 7) is 4.77. The van der Waals surface area contributed by atoms with Gasteiger partial charge in [0.05, 0.1) is 23.8 Å². The fraction of sp³-hybridized carbons (Fsp3) is 0.423. The van der Waals surface area contributed by atoms with Gasteiger partial charge in [-0.3, -0.25) is 9.59 Å². The first-order valence-corrected chi connectivity index (χ1v) is 11.1. The molecule has 2 aromatic rings. The van der Waals surface area contributed by atoms with Crippen LogP contribution in [0.2, 0.25) is 0 Å². The van der Waals surface area contributed by atoms with Crippen molar-refractivity contribution in [1.29, 1.82) is 5.26 Å². The van der Waals surface area contributed by atoms with E-state index in [-0.39, 0.29) is 12.4 Å². The van der Waals surface area contributed by atoms with Gasteiger partial charge in [0, 0.05) is 32.3 Å². The van der Waals surface area contributed by atoms with Gasteiger partial charge in [-0.25, -0.2) is 0 Å². The van der Waals surface area contributed by atoms with E-state index < -0.39 is 30.3 Å². The van der Waals surface area contributed by atoms with Crippen molar-refractivity contribution in [2.45, 2.75) is 64.8 Å². The van der Waals surface area contributed by atoms with E-state index in [2.05, 4.69) is 25.1 Å². The van der Waals surface area contributed by atoms with E-state index in [1.807, 2.05) is 12.1 Å². The number of aryl methyl sites for hydroxylation is 1. The Balaban J connectivity index is 1.89. The highest BCUT2D eigenvalue weighted by Gasteiger charge is 2.34. The molecule has 33 heavy (non-hydrogen) atoms. The lowest BCUT2D eigenvalue weighted by molar-refractivity contribution is -0.169. The van der Waals surface area contributed by atoms with Crippen molar-refractivity contribution in [3.8, 4) is 11.8 Å². The molecule has 1 saturated heterocycles. The maximum absolute atomic E-state index is 11.5. The van der Waals surface area contributed by atoms with Gasteiger partial charge in [-0.15, -0.1) is 0 Å². The maximum Gasteiger partial charge on any atom is 0.302 e. The fourth-order valence-electron chi connectivity index (χ4n) is 4.09. The van der Waals surface area contributed by atoms with Gasteiger partial charge in [0.25, 0.3) is 0 Å². The van der Waals surface area contributed by atoms with Crippen LogP contribution in [0, 0.1) is 11.3 Å². The number of esters is 2. The highest BCUT2D eigenvalue weighted by molar-refractivity contribution is 5.66. The molecule has 1 fully saturated rings. The molecule has 0 unspecified atom stereocenters. The number of aromatic hydroxyl groups is 1. The quantitative estimate of drug-likeness (QED) is 0.631. The number of nitriles is 1. The van der Waals surface area contributed by atoms with Gasteiger partial charge in [-0.1, -0.05) is 31.2 Å². The minimum Gasteiger partial charge on any atom is -0.508 e. The van der Waals surface area contributed by atoms with Crippen molar-refractivity contribution >= 4 is 11.9 Å². The average Bonchev–Trinajstić information content (AvgIpc) is 2.78. The molecule has 2 aromatic carbocycles. The Bertz CT molecular complexity index is 1040. The molecule has 3 rings (SSSR count). The molecule has 7 heteroatoms. The zero-order chi connectivity index (χ0) is 24.0. The zero-order valence-corrected chi connectivity index (χ0v) is 19.2. The van der Waals surface area contributed by atoms with Gasteiger partial charge in [0.2, 0.25) is 0 Å². The van der Waals surface area contributed by atoms with Crippen molar-refractivity contribution in [2.24, 2.45) is 0 Å². The molecule has 0 radical (unpaired) electrons. The van der Waals surface area contributed by atoms with E-state index in [1.54, 1.807) is 6.07 Å². The number of carbonyl (C=O) groups excluding carboxylic acids is 2. The summed E-state index contributed by atoms with van der Waals surface area (Å²) in [5.74, 6) is -0.897. The second kappa shape index (κ2) is 11.0. The molecule has 0 amide bonds. The van der Waals surface area contributed by atoms with Crippen LogP contribution in [0.3, 0.4) is 0 Å². The third kappa shape index (κ3) is 6.56. The van der Waals surface area contributed by atoms with E-state index in [0.717, 1.165) is 17.5 Å². The van der Waals surface area contributed by atoms with Crippen molar-refractivity contribution in [2.75, 3.05) is 6.61 Å². The van der Waals surface area contributed by atoms with Crippen LogP contribution in [0.5, 0.6) is 5.75 Å². The predicted octanol–water partition coefficient (Wildman–Crippen LogP) is 4.13. The number of phenols is 1. The van der Waals surface area contributed by atoms with E-state index in [0.29, 0.717) is 30.4 Å². The largest absolute Gasteiger partial charge is 0.508 e. The Morgan fingerprint density at radius 1 is 1.12 bits per heavy atom. The molecule has 0 aliphatic carbocycles. The van der Waals surface area contributed by atoms with E-state index in [4.69, 9.17) is 14.2 Å². The number of carbonyl (C=O) groups is 2. The summed E-state index contributed by atoms with van der Waals surface area (Å²) in [7, 11) is 0. The third-order valence-electron chi connectivity index (χ3n) is 5.71. The average molecular weight is 452 g/mol. The lowest BCUT2D eigenvalue weighted by atomic mass is 9.91. The van der Waals surface area contributed by atoms with E-state index >= 15 is 0 Å². The van der Waals surface area contributed by atoms with Crippen molar-refractivity contribution in [3.05, 3.63) is 64.2 Å². The molecular formula is C26H29NO6. The van der Waals surface area contributed by atoms with Crippen LogP contribution in [-0.4, -0.2) is 35.9 Å². The maximum atomic E-state index is 11.5. The zero-order valence-electron chi connectivity index (χ0n) is 19.2. The molecule has 0 aromatic heterocycles.